The summed E-state index contributed by atoms with van der Waals surface area (Å²) < 4.78 is 25.5. The molecule has 0 saturated carbocycles. The number of hydrogen-bond acceptors (Lipinski definition) is 7. The van der Waals surface area contributed by atoms with Crippen LogP contribution < -0.4 is 9.64 Å². The molecule has 1 amide bonds. The average molecular weight is 512 g/mol. The van der Waals surface area contributed by atoms with E-state index in [1.807, 2.05) is 30.3 Å². The van der Waals surface area contributed by atoms with E-state index < -0.39 is 0 Å². The fraction of sp³-hybridized carbons (Fsp3) is 0.391. The lowest BCUT2D eigenvalue weighted by atomic mass is 10.3. The number of anilines is 1. The first-order valence-corrected chi connectivity index (χ1v) is 12.4. The van der Waals surface area contributed by atoms with E-state index in [0.717, 1.165) is 54.6 Å². The van der Waals surface area contributed by atoms with Gasteiger partial charge >= 0.3 is 0 Å². The maximum Gasteiger partial charge on any atom is 0.239 e. The maximum absolute atomic E-state index is 14.2. The van der Waals surface area contributed by atoms with Gasteiger partial charge in [0.1, 0.15) is 17.1 Å². The van der Waals surface area contributed by atoms with Crippen LogP contribution in [-0.4, -0.2) is 68.0 Å². The van der Waals surface area contributed by atoms with Crippen LogP contribution in [0.2, 0.25) is 0 Å². The van der Waals surface area contributed by atoms with Crippen LogP contribution in [0.15, 0.2) is 47.4 Å². The highest BCUT2D eigenvalue weighted by atomic mass is 35.5. The van der Waals surface area contributed by atoms with E-state index in [1.165, 1.54) is 29.2 Å². The molecule has 10 heteroatoms. The first-order chi connectivity index (χ1) is 15.6. The Bertz CT molecular complexity index is 1050. The Labute approximate surface area is 207 Å². The number of morpholine rings is 1. The Balaban J connectivity index is 0.00000306. The van der Waals surface area contributed by atoms with Crippen molar-refractivity contribution in [1.29, 1.82) is 0 Å². The zero-order valence-electron chi connectivity index (χ0n) is 18.4. The predicted octanol–water partition coefficient (Wildman–Crippen LogP) is 4.71. The number of para-hydroxylation sites is 1. The van der Waals surface area contributed by atoms with Crippen LogP contribution in [0.25, 0.3) is 10.2 Å². The van der Waals surface area contributed by atoms with E-state index in [0.29, 0.717) is 17.2 Å². The summed E-state index contributed by atoms with van der Waals surface area (Å²) in [5.41, 5.74) is 0.321. The molecule has 1 aliphatic heterocycles. The lowest BCUT2D eigenvalue weighted by Gasteiger charge is -2.27. The van der Waals surface area contributed by atoms with Crippen LogP contribution >= 0.6 is 35.5 Å². The summed E-state index contributed by atoms with van der Waals surface area (Å²) in [4.78, 5) is 22.7. The maximum atomic E-state index is 14.2. The Morgan fingerprint density at radius 2 is 2.00 bits per heavy atom. The summed E-state index contributed by atoms with van der Waals surface area (Å²) >= 11 is 2.83. The second kappa shape index (κ2) is 12.5. The molecule has 0 bridgehead atoms. The fourth-order valence-corrected chi connectivity index (χ4v) is 5.32. The molecule has 1 aliphatic rings. The quantitative estimate of drug-likeness (QED) is 0.388. The Morgan fingerprint density at radius 3 is 2.70 bits per heavy atom. The summed E-state index contributed by atoms with van der Waals surface area (Å²) in [6, 6.07) is 12.5. The first kappa shape index (κ1) is 25.7. The van der Waals surface area contributed by atoms with Crippen LogP contribution in [-0.2, 0) is 9.53 Å². The van der Waals surface area contributed by atoms with Gasteiger partial charge < -0.3 is 9.47 Å². The van der Waals surface area contributed by atoms with Gasteiger partial charge in [-0.05, 0) is 42.8 Å². The molecule has 0 aliphatic carbocycles. The molecule has 1 fully saturated rings. The first-order valence-electron chi connectivity index (χ1n) is 10.6. The van der Waals surface area contributed by atoms with Crippen molar-refractivity contribution in [3.63, 3.8) is 0 Å². The number of carbonyl (C=O) groups is 1. The van der Waals surface area contributed by atoms with Crippen molar-refractivity contribution in [3.8, 4) is 5.75 Å². The third-order valence-corrected chi connectivity index (χ3v) is 7.31. The molecule has 0 N–H and O–H groups in total. The number of nitrogens with zero attached hydrogens (tertiary/aromatic N) is 3. The largest absolute Gasteiger partial charge is 0.497 e. The highest BCUT2D eigenvalue weighted by molar-refractivity contribution is 8.00. The van der Waals surface area contributed by atoms with Crippen molar-refractivity contribution < 1.29 is 18.7 Å². The number of halogens is 2. The van der Waals surface area contributed by atoms with Crippen molar-refractivity contribution in [1.82, 2.24) is 9.88 Å². The number of fused-ring (bicyclic) bond motifs is 1. The summed E-state index contributed by atoms with van der Waals surface area (Å²) in [5, 5.41) is 0.549. The van der Waals surface area contributed by atoms with Crippen LogP contribution in [0.1, 0.15) is 6.42 Å². The van der Waals surface area contributed by atoms with Gasteiger partial charge in [0.05, 0.1) is 30.8 Å². The number of ether oxygens (including phenoxy) is 2. The standard InChI is InChI=1S/C23H26FN3O3S2.ClH/c1-29-17-6-8-18(9-7-17)31-16-21(28)27(11-3-10-26-12-14-30-15-13-26)23-25-22-19(24)4-2-5-20(22)32-23;/h2,4-9H,3,10-16H2,1H3;1H. The molecule has 0 unspecified atom stereocenters. The number of thioether (sulfide) groups is 1. The Morgan fingerprint density at radius 1 is 1.24 bits per heavy atom. The van der Waals surface area contributed by atoms with Crippen molar-refractivity contribution in [3.05, 3.63) is 48.3 Å². The number of thiazole rings is 1. The van der Waals surface area contributed by atoms with E-state index in [1.54, 1.807) is 18.1 Å². The van der Waals surface area contributed by atoms with Gasteiger partial charge in [-0.15, -0.1) is 24.2 Å². The summed E-state index contributed by atoms with van der Waals surface area (Å²) in [5.74, 6) is 0.662. The van der Waals surface area contributed by atoms with E-state index in [9.17, 15) is 9.18 Å². The lowest BCUT2D eigenvalue weighted by molar-refractivity contribution is -0.116. The van der Waals surface area contributed by atoms with Gasteiger partial charge in [-0.3, -0.25) is 14.6 Å². The smallest absolute Gasteiger partial charge is 0.239 e. The normalized spacial score (nSPS) is 14.1. The summed E-state index contributed by atoms with van der Waals surface area (Å²) in [6.07, 6.45) is 0.817. The van der Waals surface area contributed by atoms with Crippen molar-refractivity contribution in [2.45, 2.75) is 11.3 Å². The van der Waals surface area contributed by atoms with Crippen LogP contribution in [0.5, 0.6) is 5.75 Å². The number of aromatic nitrogens is 1. The molecule has 2 heterocycles. The zero-order valence-corrected chi connectivity index (χ0v) is 20.8. The fourth-order valence-electron chi connectivity index (χ4n) is 3.52. The molecule has 2 aromatic carbocycles. The van der Waals surface area contributed by atoms with Gasteiger partial charge in [-0.25, -0.2) is 9.37 Å². The highest BCUT2D eigenvalue weighted by Gasteiger charge is 2.21. The van der Waals surface area contributed by atoms with Crippen LogP contribution in [0, 0.1) is 5.82 Å². The minimum absolute atomic E-state index is 0. The van der Waals surface area contributed by atoms with Gasteiger partial charge in [0.25, 0.3) is 0 Å². The third kappa shape index (κ3) is 6.80. The van der Waals surface area contributed by atoms with E-state index in [2.05, 4.69) is 9.88 Å². The van der Waals surface area contributed by atoms with Gasteiger partial charge in [0.15, 0.2) is 5.13 Å². The van der Waals surface area contributed by atoms with Gasteiger partial charge in [-0.2, -0.15) is 0 Å². The third-order valence-electron chi connectivity index (χ3n) is 5.27. The van der Waals surface area contributed by atoms with Gasteiger partial charge in [0.2, 0.25) is 5.91 Å². The number of amides is 1. The number of rotatable bonds is 9. The number of hydrogen-bond donors (Lipinski definition) is 0. The van der Waals surface area contributed by atoms with E-state index >= 15 is 0 Å². The summed E-state index contributed by atoms with van der Waals surface area (Å²) in [6.45, 7) is 4.75. The SMILES string of the molecule is COc1ccc(SCC(=O)N(CCCN2CCOCC2)c2nc3c(F)cccc3s2)cc1.Cl. The molecule has 0 spiro atoms. The summed E-state index contributed by atoms with van der Waals surface area (Å²) in [7, 11) is 1.63. The number of methoxy groups -OCH3 is 1. The molecular formula is C23H27ClFN3O3S2. The lowest BCUT2D eigenvalue weighted by Crippen LogP contribution is -2.39. The van der Waals surface area contributed by atoms with Crippen LogP contribution in [0.4, 0.5) is 9.52 Å². The van der Waals surface area contributed by atoms with Crippen molar-refractivity contribution >= 4 is 56.8 Å². The minimum Gasteiger partial charge on any atom is -0.497 e. The minimum atomic E-state index is -0.363. The number of carbonyl (C=O) groups excluding carboxylic acids is 1. The molecule has 6 nitrogen and oxygen atoms in total. The molecule has 4 rings (SSSR count). The molecule has 33 heavy (non-hydrogen) atoms. The molecular weight excluding hydrogens is 485 g/mol. The Hall–Kier alpha value is -1.91. The molecule has 0 atom stereocenters. The predicted molar refractivity (Wildman–Crippen MR) is 135 cm³/mol. The average Bonchev–Trinajstić information content (AvgIpc) is 3.26. The molecule has 1 saturated heterocycles. The second-order valence-electron chi connectivity index (χ2n) is 7.40. The van der Waals surface area contributed by atoms with Crippen molar-refractivity contribution in [2.75, 3.05) is 57.2 Å². The van der Waals surface area contributed by atoms with Gasteiger partial charge in [0, 0.05) is 31.1 Å². The van der Waals surface area contributed by atoms with E-state index in [-0.39, 0.29) is 29.9 Å². The van der Waals surface area contributed by atoms with Crippen LogP contribution in [0.3, 0.4) is 0 Å². The topological polar surface area (TPSA) is 54.9 Å². The molecule has 3 aromatic rings. The molecule has 178 valence electrons. The van der Waals surface area contributed by atoms with Crippen molar-refractivity contribution in [2.24, 2.45) is 0 Å². The van der Waals surface area contributed by atoms with E-state index in [4.69, 9.17) is 9.47 Å². The number of benzene rings is 2. The molecule has 0 radical (unpaired) electrons. The van der Waals surface area contributed by atoms with Gasteiger partial charge in [-0.1, -0.05) is 17.4 Å². The Kier molecular flexibility index (Phi) is 9.76. The monoisotopic (exact) mass is 511 g/mol. The zero-order chi connectivity index (χ0) is 22.3. The molecule has 1 aromatic heterocycles. The highest BCUT2D eigenvalue weighted by Crippen LogP contribution is 2.31. The second-order valence-corrected chi connectivity index (χ2v) is 9.46.